The Hall–Kier alpha value is -3.05. The van der Waals surface area contributed by atoms with Crippen molar-refractivity contribution >= 4 is 44.9 Å². The molecule has 1 aromatic heterocycles. The molecular formula is C23H19N3OS. The summed E-state index contributed by atoms with van der Waals surface area (Å²) in [6.45, 7) is 0.694. The van der Waals surface area contributed by atoms with Crippen molar-refractivity contribution < 1.29 is 4.79 Å². The number of nitrogens with zero attached hydrogens (tertiary/aromatic N) is 2. The normalized spacial score (nSPS) is 14.5. The SMILES string of the molecule is O=C(CCC1=NC=CC1)Nc1cc2c(c(-c3cc4ccccc4s3)c1)CN=C2. The Labute approximate surface area is 167 Å². The Morgan fingerprint density at radius 1 is 1.18 bits per heavy atom. The van der Waals surface area contributed by atoms with Gasteiger partial charge in [0.1, 0.15) is 0 Å². The van der Waals surface area contributed by atoms with Gasteiger partial charge in [0.2, 0.25) is 5.91 Å². The third-order valence-electron chi connectivity index (χ3n) is 5.10. The number of thiophene rings is 1. The number of aliphatic imine (C=N–C) groups is 2. The lowest BCUT2D eigenvalue weighted by atomic mass is 10.00. The van der Waals surface area contributed by atoms with Gasteiger partial charge in [0.15, 0.2) is 0 Å². The average Bonchev–Trinajstić information content (AvgIpc) is 3.45. The summed E-state index contributed by atoms with van der Waals surface area (Å²) in [5, 5.41) is 4.31. The highest BCUT2D eigenvalue weighted by molar-refractivity contribution is 7.22. The van der Waals surface area contributed by atoms with Crippen molar-refractivity contribution in [2.24, 2.45) is 9.98 Å². The molecule has 0 atom stereocenters. The zero-order valence-corrected chi connectivity index (χ0v) is 16.1. The van der Waals surface area contributed by atoms with E-state index in [0.717, 1.165) is 28.9 Å². The van der Waals surface area contributed by atoms with Crippen LogP contribution in [-0.2, 0) is 11.3 Å². The first-order valence-electron chi connectivity index (χ1n) is 9.42. The van der Waals surface area contributed by atoms with Crippen LogP contribution in [0, 0.1) is 0 Å². The van der Waals surface area contributed by atoms with Gasteiger partial charge in [-0.3, -0.25) is 14.8 Å². The van der Waals surface area contributed by atoms with Gasteiger partial charge in [-0.15, -0.1) is 11.3 Å². The minimum Gasteiger partial charge on any atom is -0.326 e. The van der Waals surface area contributed by atoms with E-state index in [9.17, 15) is 4.79 Å². The van der Waals surface area contributed by atoms with Crippen molar-refractivity contribution in [2.75, 3.05) is 5.32 Å². The smallest absolute Gasteiger partial charge is 0.224 e. The predicted octanol–water partition coefficient (Wildman–Crippen LogP) is 5.58. The van der Waals surface area contributed by atoms with Gasteiger partial charge >= 0.3 is 0 Å². The van der Waals surface area contributed by atoms with Gasteiger partial charge in [-0.2, -0.15) is 0 Å². The molecule has 2 aliphatic heterocycles. The number of rotatable bonds is 5. The maximum atomic E-state index is 12.4. The molecule has 2 aliphatic rings. The third-order valence-corrected chi connectivity index (χ3v) is 6.24. The number of carbonyl (C=O) groups is 1. The minimum atomic E-state index is 0.0202. The number of hydrogen-bond donors (Lipinski definition) is 1. The lowest BCUT2D eigenvalue weighted by Gasteiger charge is -2.11. The van der Waals surface area contributed by atoms with Crippen molar-refractivity contribution in [3.8, 4) is 10.4 Å². The Morgan fingerprint density at radius 3 is 2.96 bits per heavy atom. The van der Waals surface area contributed by atoms with E-state index < -0.39 is 0 Å². The first kappa shape index (κ1) is 17.1. The van der Waals surface area contributed by atoms with E-state index >= 15 is 0 Å². The minimum absolute atomic E-state index is 0.0202. The second kappa shape index (κ2) is 7.17. The zero-order chi connectivity index (χ0) is 18.9. The van der Waals surface area contributed by atoms with E-state index in [2.05, 4.69) is 51.7 Å². The Bertz CT molecular complexity index is 1140. The molecule has 0 saturated carbocycles. The maximum Gasteiger partial charge on any atom is 0.224 e. The van der Waals surface area contributed by atoms with Crippen molar-refractivity contribution in [2.45, 2.75) is 25.8 Å². The fourth-order valence-electron chi connectivity index (χ4n) is 3.68. The molecule has 2 aromatic carbocycles. The van der Waals surface area contributed by atoms with Crippen LogP contribution in [0.2, 0.25) is 0 Å². The summed E-state index contributed by atoms with van der Waals surface area (Å²) < 4.78 is 1.27. The molecule has 0 saturated heterocycles. The molecule has 138 valence electrons. The van der Waals surface area contributed by atoms with Gasteiger partial charge in [0, 0.05) is 51.8 Å². The van der Waals surface area contributed by atoms with Crippen LogP contribution in [0.1, 0.15) is 30.4 Å². The Kier molecular flexibility index (Phi) is 4.37. The topological polar surface area (TPSA) is 53.8 Å². The largest absolute Gasteiger partial charge is 0.326 e. The second-order valence-corrected chi connectivity index (χ2v) is 8.13. The number of benzene rings is 2. The molecule has 0 radical (unpaired) electrons. The van der Waals surface area contributed by atoms with E-state index in [1.807, 2.05) is 24.6 Å². The monoisotopic (exact) mass is 385 g/mol. The second-order valence-electron chi connectivity index (χ2n) is 7.04. The number of amides is 1. The summed E-state index contributed by atoms with van der Waals surface area (Å²) in [6.07, 6.45) is 7.74. The number of anilines is 1. The number of nitrogens with one attached hydrogen (secondary N) is 1. The Balaban J connectivity index is 1.42. The van der Waals surface area contributed by atoms with Crippen molar-refractivity contribution in [1.82, 2.24) is 0 Å². The quantitative estimate of drug-likeness (QED) is 0.612. The molecule has 4 nitrogen and oxygen atoms in total. The van der Waals surface area contributed by atoms with Crippen LogP contribution in [0.15, 0.2) is 64.7 Å². The summed E-state index contributed by atoms with van der Waals surface area (Å²) >= 11 is 1.78. The molecule has 0 bridgehead atoms. The molecule has 5 rings (SSSR count). The van der Waals surface area contributed by atoms with Gasteiger partial charge in [-0.25, -0.2) is 0 Å². The summed E-state index contributed by atoms with van der Waals surface area (Å²) in [4.78, 5) is 22.4. The van der Waals surface area contributed by atoms with Crippen LogP contribution in [0.25, 0.3) is 20.5 Å². The fraction of sp³-hybridized carbons (Fsp3) is 0.174. The first-order chi connectivity index (χ1) is 13.8. The van der Waals surface area contributed by atoms with Crippen molar-refractivity contribution in [3.63, 3.8) is 0 Å². The van der Waals surface area contributed by atoms with Crippen LogP contribution in [0.4, 0.5) is 5.69 Å². The molecule has 1 amide bonds. The van der Waals surface area contributed by atoms with Crippen LogP contribution >= 0.6 is 11.3 Å². The summed E-state index contributed by atoms with van der Waals surface area (Å²) in [5.74, 6) is 0.0202. The number of allylic oxidation sites excluding steroid dienone is 1. The molecule has 5 heteroatoms. The standard InChI is InChI=1S/C23H19N3OS/c27-23(8-7-17-5-3-9-25-17)26-18-10-16-13-24-14-20(16)19(12-18)22-11-15-4-1-2-6-21(15)28-22/h1-4,6,9-13H,5,7-8,14H2,(H,26,27). The molecule has 28 heavy (non-hydrogen) atoms. The molecule has 1 N–H and O–H groups in total. The van der Waals surface area contributed by atoms with Crippen LogP contribution < -0.4 is 5.32 Å². The molecular weight excluding hydrogens is 366 g/mol. The van der Waals surface area contributed by atoms with Crippen LogP contribution in [0.5, 0.6) is 0 Å². The first-order valence-corrected chi connectivity index (χ1v) is 10.2. The summed E-state index contributed by atoms with van der Waals surface area (Å²) in [7, 11) is 0. The lowest BCUT2D eigenvalue weighted by molar-refractivity contribution is -0.116. The van der Waals surface area contributed by atoms with E-state index in [4.69, 9.17) is 0 Å². The van der Waals surface area contributed by atoms with E-state index in [1.165, 1.54) is 20.5 Å². The Morgan fingerprint density at radius 2 is 2.11 bits per heavy atom. The summed E-state index contributed by atoms with van der Waals surface area (Å²) in [5.41, 5.74) is 5.39. The average molecular weight is 385 g/mol. The van der Waals surface area contributed by atoms with Crippen molar-refractivity contribution in [1.29, 1.82) is 0 Å². The molecule has 3 aromatic rings. The molecule has 0 fully saturated rings. The third kappa shape index (κ3) is 3.29. The van der Waals surface area contributed by atoms with E-state index in [-0.39, 0.29) is 5.91 Å². The number of fused-ring (bicyclic) bond motifs is 2. The lowest BCUT2D eigenvalue weighted by Crippen LogP contribution is -2.13. The zero-order valence-electron chi connectivity index (χ0n) is 15.3. The van der Waals surface area contributed by atoms with Crippen LogP contribution in [-0.4, -0.2) is 17.8 Å². The van der Waals surface area contributed by atoms with Crippen LogP contribution in [0.3, 0.4) is 0 Å². The highest BCUT2D eigenvalue weighted by Gasteiger charge is 2.17. The fourth-order valence-corrected chi connectivity index (χ4v) is 4.78. The maximum absolute atomic E-state index is 12.4. The molecule has 3 heterocycles. The predicted molar refractivity (Wildman–Crippen MR) is 118 cm³/mol. The van der Waals surface area contributed by atoms with Gasteiger partial charge in [-0.1, -0.05) is 24.3 Å². The van der Waals surface area contributed by atoms with E-state index in [0.29, 0.717) is 19.4 Å². The van der Waals surface area contributed by atoms with Crippen molar-refractivity contribution in [3.05, 3.63) is 65.9 Å². The van der Waals surface area contributed by atoms with E-state index in [1.54, 1.807) is 11.3 Å². The number of hydrogen-bond acceptors (Lipinski definition) is 4. The number of carbonyl (C=O) groups excluding carboxylic acids is 1. The van der Waals surface area contributed by atoms with Gasteiger partial charge < -0.3 is 5.32 Å². The van der Waals surface area contributed by atoms with Gasteiger partial charge in [-0.05, 0) is 47.2 Å². The highest BCUT2D eigenvalue weighted by Crippen LogP contribution is 2.39. The molecule has 0 aliphatic carbocycles. The highest BCUT2D eigenvalue weighted by atomic mass is 32.1. The van der Waals surface area contributed by atoms with Gasteiger partial charge in [0.05, 0.1) is 6.54 Å². The summed E-state index contributed by atoms with van der Waals surface area (Å²) in [6, 6.07) is 14.7. The molecule has 0 spiro atoms. The molecule has 0 unspecified atom stereocenters. The van der Waals surface area contributed by atoms with Gasteiger partial charge in [0.25, 0.3) is 0 Å².